The van der Waals surface area contributed by atoms with Gasteiger partial charge in [-0.15, -0.1) is 0 Å². The number of ether oxygens (including phenoxy) is 1. The average molecular weight is 240 g/mol. The summed E-state index contributed by atoms with van der Waals surface area (Å²) >= 11 is 5.38. The van der Waals surface area contributed by atoms with Gasteiger partial charge in [0.25, 0.3) is 12.3 Å². The van der Waals surface area contributed by atoms with E-state index < -0.39 is 34.7 Å². The molecule has 1 aromatic rings. The van der Waals surface area contributed by atoms with Crippen molar-refractivity contribution < 1.29 is 18.4 Å². The first-order valence-electron chi connectivity index (χ1n) is 3.58. The summed E-state index contributed by atoms with van der Waals surface area (Å²) in [7, 11) is 0. The van der Waals surface area contributed by atoms with E-state index in [1.54, 1.807) is 0 Å². The number of rotatable bonds is 4. The molecule has 0 aromatic carbocycles. The molecule has 0 N–H and O–H groups in total. The highest BCUT2D eigenvalue weighted by molar-refractivity contribution is 6.31. The molecule has 1 heterocycles. The van der Waals surface area contributed by atoms with Gasteiger partial charge in [0.2, 0.25) is 5.15 Å². The Morgan fingerprint density at radius 3 is 2.80 bits per heavy atom. The molecule has 0 radical (unpaired) electrons. The fourth-order valence-corrected chi connectivity index (χ4v) is 0.937. The molecule has 0 spiro atoms. The lowest BCUT2D eigenvalue weighted by molar-refractivity contribution is -0.386. The molecule has 0 bridgehead atoms. The minimum atomic E-state index is -2.75. The molecule has 82 valence electrons. The Hall–Kier alpha value is -1.57. The zero-order valence-electron chi connectivity index (χ0n) is 7.06. The summed E-state index contributed by atoms with van der Waals surface area (Å²) in [4.78, 5) is 16.2. The van der Waals surface area contributed by atoms with E-state index in [1.807, 2.05) is 0 Å². The zero-order valence-corrected chi connectivity index (χ0v) is 7.82. The molecule has 9 heteroatoms. The summed E-state index contributed by atoms with van der Waals surface area (Å²) in [6.07, 6.45) is -1.87. The molecular weight excluding hydrogens is 236 g/mol. The molecule has 6 nitrogen and oxygen atoms in total. The first-order chi connectivity index (χ1) is 7.02. The smallest absolute Gasteiger partial charge is 0.367 e. The minimum Gasteiger partial charge on any atom is -0.467 e. The monoisotopic (exact) mass is 239 g/mol. The van der Waals surface area contributed by atoms with Crippen molar-refractivity contribution in [1.29, 1.82) is 0 Å². The third-order valence-corrected chi connectivity index (χ3v) is 1.55. The molecule has 0 saturated heterocycles. The summed E-state index contributed by atoms with van der Waals surface area (Å²) in [5.74, 6) is -0.569. The first kappa shape index (κ1) is 11.5. The van der Waals surface area contributed by atoms with Gasteiger partial charge in [-0.3, -0.25) is 10.1 Å². The summed E-state index contributed by atoms with van der Waals surface area (Å²) in [5.41, 5.74) is -0.722. The van der Waals surface area contributed by atoms with E-state index in [0.29, 0.717) is 0 Å². The molecule has 1 rings (SSSR count). The number of halogens is 3. The largest absolute Gasteiger partial charge is 0.467 e. The second-order valence-corrected chi connectivity index (χ2v) is 2.64. The van der Waals surface area contributed by atoms with Crippen molar-refractivity contribution in [3.63, 3.8) is 0 Å². The molecule has 1 aromatic heterocycles. The van der Waals surface area contributed by atoms with E-state index in [0.717, 1.165) is 6.33 Å². The van der Waals surface area contributed by atoms with Crippen molar-refractivity contribution in [2.45, 2.75) is 6.43 Å². The van der Waals surface area contributed by atoms with Crippen LogP contribution in [0.3, 0.4) is 0 Å². The van der Waals surface area contributed by atoms with Gasteiger partial charge >= 0.3 is 5.69 Å². The van der Waals surface area contributed by atoms with Crippen LogP contribution in [0.4, 0.5) is 14.5 Å². The van der Waals surface area contributed by atoms with Crippen molar-refractivity contribution >= 4 is 17.3 Å². The topological polar surface area (TPSA) is 78.2 Å². The Morgan fingerprint density at radius 2 is 2.27 bits per heavy atom. The molecule has 0 saturated carbocycles. The Balaban J connectivity index is 2.96. The first-order valence-corrected chi connectivity index (χ1v) is 3.96. The number of hydrogen-bond donors (Lipinski definition) is 0. The number of alkyl halides is 2. The standard InChI is InChI=1S/C6H4ClF2N3O3/c7-5-4(12(13)14)6(11-2-10-5)15-1-3(8)9/h2-3H,1H2. The third kappa shape index (κ3) is 2.94. The van der Waals surface area contributed by atoms with Gasteiger partial charge < -0.3 is 4.74 Å². The maximum Gasteiger partial charge on any atom is 0.367 e. The van der Waals surface area contributed by atoms with Crippen molar-refractivity contribution in [3.8, 4) is 5.88 Å². The van der Waals surface area contributed by atoms with Crippen LogP contribution >= 0.6 is 11.6 Å². The molecule has 0 unspecified atom stereocenters. The van der Waals surface area contributed by atoms with Gasteiger partial charge in [-0.05, 0) is 0 Å². The second-order valence-electron chi connectivity index (χ2n) is 2.28. The van der Waals surface area contributed by atoms with Gasteiger partial charge in [-0.1, -0.05) is 11.6 Å². The minimum absolute atomic E-state index is 0.459. The van der Waals surface area contributed by atoms with E-state index >= 15 is 0 Å². The molecule has 0 amide bonds. The highest BCUT2D eigenvalue weighted by Crippen LogP contribution is 2.30. The van der Waals surface area contributed by atoms with E-state index in [4.69, 9.17) is 11.6 Å². The number of nitro groups is 1. The molecule has 0 atom stereocenters. The maximum atomic E-state index is 11.8. The maximum absolute atomic E-state index is 11.8. The predicted octanol–water partition coefficient (Wildman–Crippen LogP) is 1.68. The Bertz CT molecular complexity index is 377. The van der Waals surface area contributed by atoms with E-state index in [2.05, 4.69) is 14.7 Å². The van der Waals surface area contributed by atoms with Crippen LogP contribution in [0.5, 0.6) is 5.88 Å². The van der Waals surface area contributed by atoms with Crippen molar-refractivity contribution in [3.05, 3.63) is 21.6 Å². The summed E-state index contributed by atoms with van der Waals surface area (Å²) in [6.45, 7) is -0.992. The third-order valence-electron chi connectivity index (χ3n) is 1.27. The van der Waals surface area contributed by atoms with Crippen LogP contribution in [0, 0.1) is 10.1 Å². The van der Waals surface area contributed by atoms with Crippen molar-refractivity contribution in [2.75, 3.05) is 6.61 Å². The summed E-state index contributed by atoms with van der Waals surface area (Å²) in [6, 6.07) is 0. The second kappa shape index (κ2) is 4.78. The van der Waals surface area contributed by atoms with Gasteiger partial charge in [0.1, 0.15) is 6.33 Å². The Morgan fingerprint density at radius 1 is 1.60 bits per heavy atom. The molecule has 0 fully saturated rings. The lowest BCUT2D eigenvalue weighted by Gasteiger charge is -2.04. The fraction of sp³-hybridized carbons (Fsp3) is 0.333. The van der Waals surface area contributed by atoms with Gasteiger partial charge in [0.15, 0.2) is 6.61 Å². The SMILES string of the molecule is O=[N+]([O-])c1c(Cl)ncnc1OCC(F)F. The highest BCUT2D eigenvalue weighted by Gasteiger charge is 2.23. The Labute approximate surface area is 87.0 Å². The predicted molar refractivity (Wildman–Crippen MR) is 45.2 cm³/mol. The van der Waals surface area contributed by atoms with Crippen LogP contribution in [0.2, 0.25) is 5.15 Å². The van der Waals surface area contributed by atoms with Crippen LogP contribution in [-0.2, 0) is 0 Å². The van der Waals surface area contributed by atoms with Crippen molar-refractivity contribution in [1.82, 2.24) is 9.97 Å². The summed E-state index contributed by atoms with van der Waals surface area (Å²) in [5, 5.41) is 10.0. The Kier molecular flexibility index (Phi) is 3.67. The molecule has 15 heavy (non-hydrogen) atoms. The fourth-order valence-electron chi connectivity index (χ4n) is 0.743. The quantitative estimate of drug-likeness (QED) is 0.454. The molecule has 0 aliphatic heterocycles. The van der Waals surface area contributed by atoms with Crippen LogP contribution < -0.4 is 4.74 Å². The average Bonchev–Trinajstić information content (AvgIpc) is 2.13. The van der Waals surface area contributed by atoms with E-state index in [1.165, 1.54) is 0 Å². The van der Waals surface area contributed by atoms with Gasteiger partial charge in [0.05, 0.1) is 4.92 Å². The lowest BCUT2D eigenvalue weighted by atomic mass is 10.5. The van der Waals surface area contributed by atoms with Crippen molar-refractivity contribution in [2.24, 2.45) is 0 Å². The van der Waals surface area contributed by atoms with Gasteiger partial charge in [-0.25, -0.2) is 13.8 Å². The van der Waals surface area contributed by atoms with E-state index in [-0.39, 0.29) is 0 Å². The molecule has 0 aliphatic rings. The highest BCUT2D eigenvalue weighted by atomic mass is 35.5. The lowest BCUT2D eigenvalue weighted by Crippen LogP contribution is -2.10. The van der Waals surface area contributed by atoms with Crippen LogP contribution in [0.15, 0.2) is 6.33 Å². The van der Waals surface area contributed by atoms with Crippen LogP contribution in [-0.4, -0.2) is 27.9 Å². The normalized spacial score (nSPS) is 10.4. The number of nitrogens with zero attached hydrogens (tertiary/aromatic N) is 3. The molecule has 0 aliphatic carbocycles. The molecular formula is C6H4ClF2N3O3. The van der Waals surface area contributed by atoms with E-state index in [9.17, 15) is 18.9 Å². The number of aromatic nitrogens is 2. The van der Waals surface area contributed by atoms with Crippen LogP contribution in [0.1, 0.15) is 0 Å². The zero-order chi connectivity index (χ0) is 11.4. The van der Waals surface area contributed by atoms with Gasteiger partial charge in [0, 0.05) is 0 Å². The van der Waals surface area contributed by atoms with Crippen LogP contribution in [0.25, 0.3) is 0 Å². The summed E-state index contributed by atoms with van der Waals surface area (Å²) < 4.78 is 28.0. The number of hydrogen-bond acceptors (Lipinski definition) is 5. The van der Waals surface area contributed by atoms with Gasteiger partial charge in [-0.2, -0.15) is 4.98 Å².